The van der Waals surface area contributed by atoms with Crippen LogP contribution < -0.4 is 14.4 Å². The molecule has 30 heavy (non-hydrogen) atoms. The van der Waals surface area contributed by atoms with Gasteiger partial charge >= 0.3 is 0 Å². The van der Waals surface area contributed by atoms with Gasteiger partial charge in [0.15, 0.2) is 11.5 Å². The summed E-state index contributed by atoms with van der Waals surface area (Å²) in [5.74, 6) is 1.50. The fourth-order valence-corrected chi connectivity index (χ4v) is 4.83. The Hall–Kier alpha value is -2.31. The van der Waals surface area contributed by atoms with Crippen LogP contribution in [0.2, 0.25) is 0 Å². The first-order valence-corrected chi connectivity index (χ1v) is 10.9. The monoisotopic (exact) mass is 413 g/mol. The van der Waals surface area contributed by atoms with E-state index in [0.29, 0.717) is 6.04 Å². The van der Waals surface area contributed by atoms with Crippen LogP contribution in [0.4, 0.5) is 10.1 Å². The third-order valence-corrected chi connectivity index (χ3v) is 6.38. The number of anilines is 1. The van der Waals surface area contributed by atoms with Crippen molar-refractivity contribution >= 4 is 5.69 Å². The van der Waals surface area contributed by atoms with Crippen molar-refractivity contribution in [1.29, 1.82) is 0 Å². The number of piperidine rings is 1. The highest BCUT2D eigenvalue weighted by atomic mass is 19.1. The lowest BCUT2D eigenvalue weighted by molar-refractivity contribution is 0.0881. The number of likely N-dealkylation sites (tertiary alicyclic amines) is 1. The van der Waals surface area contributed by atoms with Crippen molar-refractivity contribution in [3.63, 3.8) is 0 Å². The molecule has 1 unspecified atom stereocenters. The molecule has 0 aliphatic carbocycles. The van der Waals surface area contributed by atoms with Gasteiger partial charge in [-0.3, -0.25) is 9.80 Å². The average molecular weight is 414 g/mol. The third kappa shape index (κ3) is 4.55. The second-order valence-electron chi connectivity index (χ2n) is 8.16. The number of ether oxygens (including phenoxy) is 2. The van der Waals surface area contributed by atoms with Gasteiger partial charge in [-0.2, -0.15) is 0 Å². The van der Waals surface area contributed by atoms with Crippen LogP contribution in [0.15, 0.2) is 42.5 Å². The molecule has 0 amide bonds. The Balaban J connectivity index is 1.36. The summed E-state index contributed by atoms with van der Waals surface area (Å²) in [6.45, 7) is 6.74. The molecule has 2 aliphatic heterocycles. The molecule has 4 rings (SSSR count). The largest absolute Gasteiger partial charge is 0.493 e. The van der Waals surface area contributed by atoms with Crippen LogP contribution in [0.5, 0.6) is 11.5 Å². The smallest absolute Gasteiger partial charge is 0.165 e. The standard InChI is InChI=1S/C24H32FN3O2/c1-29-23-11-5-7-19(24(23)30-2)17-26-12-6-8-20(18-26)27-13-15-28(16-14-27)22-10-4-3-9-21(22)25/h3-5,7,9-11,20H,6,8,12-18H2,1-2H3. The first-order valence-electron chi connectivity index (χ1n) is 10.9. The fraction of sp³-hybridized carbons (Fsp3) is 0.500. The summed E-state index contributed by atoms with van der Waals surface area (Å²) in [7, 11) is 3.38. The summed E-state index contributed by atoms with van der Waals surface area (Å²) >= 11 is 0. The lowest BCUT2D eigenvalue weighted by Gasteiger charge is -2.44. The maximum atomic E-state index is 14.1. The highest BCUT2D eigenvalue weighted by molar-refractivity contribution is 5.48. The van der Waals surface area contributed by atoms with Gasteiger partial charge in [-0.1, -0.05) is 24.3 Å². The average Bonchev–Trinajstić information content (AvgIpc) is 2.79. The number of hydrogen-bond acceptors (Lipinski definition) is 5. The van der Waals surface area contributed by atoms with E-state index in [1.807, 2.05) is 24.3 Å². The van der Waals surface area contributed by atoms with Crippen LogP contribution in [0.1, 0.15) is 18.4 Å². The Morgan fingerprint density at radius 2 is 1.73 bits per heavy atom. The second-order valence-corrected chi connectivity index (χ2v) is 8.16. The van der Waals surface area contributed by atoms with Crippen molar-refractivity contribution in [2.45, 2.75) is 25.4 Å². The van der Waals surface area contributed by atoms with E-state index in [4.69, 9.17) is 9.47 Å². The van der Waals surface area contributed by atoms with Crippen molar-refractivity contribution in [3.05, 3.63) is 53.8 Å². The molecule has 2 heterocycles. The van der Waals surface area contributed by atoms with Gasteiger partial charge in [0.25, 0.3) is 0 Å². The van der Waals surface area contributed by atoms with Crippen LogP contribution in [0.25, 0.3) is 0 Å². The number of para-hydroxylation sites is 2. The minimum absolute atomic E-state index is 0.123. The summed E-state index contributed by atoms with van der Waals surface area (Å²) in [6, 6.07) is 13.7. The van der Waals surface area contributed by atoms with Gasteiger partial charge in [0, 0.05) is 50.9 Å². The van der Waals surface area contributed by atoms with E-state index in [0.717, 1.165) is 63.0 Å². The molecule has 0 aromatic heterocycles. The molecule has 2 aromatic rings. The third-order valence-electron chi connectivity index (χ3n) is 6.38. The summed E-state index contributed by atoms with van der Waals surface area (Å²) in [6.07, 6.45) is 2.43. The highest BCUT2D eigenvalue weighted by Gasteiger charge is 2.29. The molecule has 6 heteroatoms. The number of piperazine rings is 1. The number of halogens is 1. The van der Waals surface area contributed by atoms with E-state index in [1.54, 1.807) is 26.4 Å². The molecule has 0 bridgehead atoms. The molecule has 2 aromatic carbocycles. The summed E-state index contributed by atoms with van der Waals surface area (Å²) in [5.41, 5.74) is 1.90. The van der Waals surface area contributed by atoms with Gasteiger partial charge in [-0.15, -0.1) is 0 Å². The van der Waals surface area contributed by atoms with Crippen LogP contribution in [0, 0.1) is 5.82 Å². The molecule has 0 spiro atoms. The molecular weight excluding hydrogens is 381 g/mol. The van der Waals surface area contributed by atoms with E-state index >= 15 is 0 Å². The molecule has 2 saturated heterocycles. The maximum Gasteiger partial charge on any atom is 0.165 e. The molecular formula is C24H32FN3O2. The van der Waals surface area contributed by atoms with Crippen LogP contribution >= 0.6 is 0 Å². The van der Waals surface area contributed by atoms with E-state index in [1.165, 1.54) is 18.4 Å². The van der Waals surface area contributed by atoms with E-state index in [2.05, 4.69) is 20.8 Å². The fourth-order valence-electron chi connectivity index (χ4n) is 4.83. The van der Waals surface area contributed by atoms with Gasteiger partial charge < -0.3 is 14.4 Å². The Morgan fingerprint density at radius 3 is 2.47 bits per heavy atom. The number of methoxy groups -OCH3 is 2. The molecule has 0 saturated carbocycles. The minimum Gasteiger partial charge on any atom is -0.493 e. The second kappa shape index (κ2) is 9.67. The maximum absolute atomic E-state index is 14.1. The SMILES string of the molecule is COc1cccc(CN2CCCC(N3CCN(c4ccccc4F)CC3)C2)c1OC. The number of hydrogen-bond donors (Lipinski definition) is 0. The van der Waals surface area contributed by atoms with E-state index in [9.17, 15) is 4.39 Å². The van der Waals surface area contributed by atoms with Crippen LogP contribution in [-0.4, -0.2) is 69.3 Å². The number of benzene rings is 2. The van der Waals surface area contributed by atoms with Crippen LogP contribution in [0.3, 0.4) is 0 Å². The van der Waals surface area contributed by atoms with Crippen molar-refractivity contribution in [3.8, 4) is 11.5 Å². The minimum atomic E-state index is -0.123. The van der Waals surface area contributed by atoms with Crippen molar-refractivity contribution in [2.75, 3.05) is 58.4 Å². The van der Waals surface area contributed by atoms with Gasteiger partial charge in [0.1, 0.15) is 5.82 Å². The van der Waals surface area contributed by atoms with Crippen molar-refractivity contribution < 1.29 is 13.9 Å². The first kappa shape index (κ1) is 20.9. The zero-order valence-corrected chi connectivity index (χ0v) is 18.0. The van der Waals surface area contributed by atoms with Gasteiger partial charge in [-0.25, -0.2) is 4.39 Å². The summed E-state index contributed by atoms with van der Waals surface area (Å²) in [4.78, 5) is 7.29. The van der Waals surface area contributed by atoms with Crippen molar-refractivity contribution in [1.82, 2.24) is 9.80 Å². The Bertz CT molecular complexity index is 839. The Kier molecular flexibility index (Phi) is 6.75. The molecule has 0 N–H and O–H groups in total. The predicted molar refractivity (Wildman–Crippen MR) is 118 cm³/mol. The van der Waals surface area contributed by atoms with E-state index < -0.39 is 0 Å². The number of rotatable bonds is 6. The van der Waals surface area contributed by atoms with Gasteiger partial charge in [0.2, 0.25) is 0 Å². The zero-order valence-electron chi connectivity index (χ0n) is 18.0. The Morgan fingerprint density at radius 1 is 0.933 bits per heavy atom. The molecule has 2 fully saturated rings. The molecule has 2 aliphatic rings. The first-order chi connectivity index (χ1) is 14.7. The van der Waals surface area contributed by atoms with Gasteiger partial charge in [-0.05, 0) is 37.6 Å². The summed E-state index contributed by atoms with van der Waals surface area (Å²) in [5, 5.41) is 0. The molecule has 5 nitrogen and oxygen atoms in total. The highest BCUT2D eigenvalue weighted by Crippen LogP contribution is 2.32. The quantitative estimate of drug-likeness (QED) is 0.721. The topological polar surface area (TPSA) is 28.2 Å². The van der Waals surface area contributed by atoms with Crippen LogP contribution in [-0.2, 0) is 6.54 Å². The Labute approximate surface area is 179 Å². The predicted octanol–water partition coefficient (Wildman–Crippen LogP) is 3.63. The van der Waals surface area contributed by atoms with Gasteiger partial charge in [0.05, 0.1) is 19.9 Å². The lowest BCUT2D eigenvalue weighted by Crippen LogP contribution is -2.55. The van der Waals surface area contributed by atoms with Crippen molar-refractivity contribution in [2.24, 2.45) is 0 Å². The summed E-state index contributed by atoms with van der Waals surface area (Å²) < 4.78 is 25.2. The number of nitrogens with zero attached hydrogens (tertiary/aromatic N) is 3. The van der Waals surface area contributed by atoms with E-state index in [-0.39, 0.29) is 5.82 Å². The molecule has 1 atom stereocenters. The molecule has 162 valence electrons. The molecule has 0 radical (unpaired) electrons. The normalized spacial score (nSPS) is 20.9. The lowest BCUT2D eigenvalue weighted by atomic mass is 10.0. The zero-order chi connectivity index (χ0) is 20.9.